The van der Waals surface area contributed by atoms with Gasteiger partial charge in [-0.3, -0.25) is 4.79 Å². The molecule has 1 unspecified atom stereocenters. The van der Waals surface area contributed by atoms with E-state index in [-0.39, 0.29) is 17.5 Å². The maximum absolute atomic E-state index is 11.8. The summed E-state index contributed by atoms with van der Waals surface area (Å²) in [6.07, 6.45) is -0.108. The van der Waals surface area contributed by atoms with Gasteiger partial charge in [0.1, 0.15) is 5.56 Å². The zero-order valence-electron chi connectivity index (χ0n) is 9.34. The number of nitrogens with one attached hydrogen (secondary N) is 2. The molecule has 0 saturated heterocycles. The molecule has 0 saturated carbocycles. The van der Waals surface area contributed by atoms with Crippen LogP contribution in [0.1, 0.15) is 43.8 Å². The molecular formula is C10H15N3O2. The van der Waals surface area contributed by atoms with Crippen molar-refractivity contribution in [3.05, 3.63) is 11.3 Å². The summed E-state index contributed by atoms with van der Waals surface area (Å²) in [5, 5.41) is 9.71. The quantitative estimate of drug-likeness (QED) is 0.679. The molecule has 1 aromatic heterocycles. The van der Waals surface area contributed by atoms with Gasteiger partial charge in [-0.2, -0.15) is 0 Å². The summed E-state index contributed by atoms with van der Waals surface area (Å²) in [5.74, 6) is 1.04. The molecule has 0 fully saturated rings. The Hall–Kier alpha value is -1.52. The second-order valence-corrected chi connectivity index (χ2v) is 4.82. The highest BCUT2D eigenvalue weighted by Gasteiger charge is 2.34. The van der Waals surface area contributed by atoms with Gasteiger partial charge in [-0.1, -0.05) is 25.9 Å². The van der Waals surface area contributed by atoms with E-state index < -0.39 is 0 Å². The van der Waals surface area contributed by atoms with Crippen molar-refractivity contribution >= 4 is 11.7 Å². The average Bonchev–Trinajstić information content (AvgIpc) is 2.45. The lowest BCUT2D eigenvalue weighted by atomic mass is 9.89. The zero-order valence-corrected chi connectivity index (χ0v) is 9.34. The molecular weight excluding hydrogens is 194 g/mol. The molecule has 5 nitrogen and oxygen atoms in total. The molecule has 15 heavy (non-hydrogen) atoms. The van der Waals surface area contributed by atoms with Crippen LogP contribution in [0.5, 0.6) is 0 Å². The van der Waals surface area contributed by atoms with Crippen molar-refractivity contribution in [1.82, 2.24) is 10.5 Å². The summed E-state index contributed by atoms with van der Waals surface area (Å²) in [7, 11) is 0. The molecule has 1 aliphatic rings. The number of rotatable bonds is 0. The van der Waals surface area contributed by atoms with Gasteiger partial charge in [0.05, 0.1) is 6.17 Å². The second kappa shape index (κ2) is 2.98. The Morgan fingerprint density at radius 1 is 1.33 bits per heavy atom. The van der Waals surface area contributed by atoms with Gasteiger partial charge < -0.3 is 15.2 Å². The topological polar surface area (TPSA) is 67.2 Å². The van der Waals surface area contributed by atoms with E-state index in [9.17, 15) is 4.79 Å². The molecule has 2 N–H and O–H groups in total. The summed E-state index contributed by atoms with van der Waals surface area (Å²) in [5.41, 5.74) is 0.306. The maximum atomic E-state index is 11.8. The molecule has 1 aromatic rings. The molecule has 1 aliphatic heterocycles. The summed E-state index contributed by atoms with van der Waals surface area (Å²) < 4.78 is 5.23. The number of fused-ring (bicyclic) bond motifs is 1. The smallest absolute Gasteiger partial charge is 0.260 e. The van der Waals surface area contributed by atoms with E-state index in [1.54, 1.807) is 0 Å². The Morgan fingerprint density at radius 3 is 2.60 bits per heavy atom. The normalized spacial score (nSPS) is 20.5. The SMILES string of the molecule is CC1NC(=O)c2c(noc2C(C)(C)C)N1. The molecule has 5 heteroatoms. The van der Waals surface area contributed by atoms with Gasteiger partial charge in [-0.15, -0.1) is 0 Å². The fraction of sp³-hybridized carbons (Fsp3) is 0.600. The number of hydrogen-bond donors (Lipinski definition) is 2. The minimum atomic E-state index is -0.222. The molecule has 0 aromatic carbocycles. The third-order valence-electron chi connectivity index (χ3n) is 2.30. The van der Waals surface area contributed by atoms with Crippen LogP contribution in [0.15, 0.2) is 4.52 Å². The summed E-state index contributed by atoms with van der Waals surface area (Å²) in [4.78, 5) is 11.8. The molecule has 1 atom stereocenters. The van der Waals surface area contributed by atoms with Gasteiger partial charge in [0.15, 0.2) is 11.6 Å². The standard InChI is InChI=1S/C10H15N3O2/c1-5-11-8-6(9(14)12-5)7(15-13-8)10(2,3)4/h5H,1-4H3,(H,11,13)(H,12,14). The first kappa shape index (κ1) is 10.0. The van der Waals surface area contributed by atoms with Crippen molar-refractivity contribution in [1.29, 1.82) is 0 Å². The van der Waals surface area contributed by atoms with Crippen LogP contribution in [0.4, 0.5) is 5.82 Å². The minimum absolute atomic E-state index is 0.108. The number of carbonyl (C=O) groups excluding carboxylic acids is 1. The first-order valence-electron chi connectivity index (χ1n) is 4.97. The van der Waals surface area contributed by atoms with Gasteiger partial charge in [0.2, 0.25) is 0 Å². The van der Waals surface area contributed by atoms with Gasteiger partial charge in [-0.25, -0.2) is 0 Å². The first-order valence-corrected chi connectivity index (χ1v) is 4.97. The monoisotopic (exact) mass is 209 g/mol. The molecule has 1 amide bonds. The van der Waals surface area contributed by atoms with Gasteiger partial charge in [0.25, 0.3) is 5.91 Å². The Labute approximate surface area is 88.2 Å². The fourth-order valence-corrected chi connectivity index (χ4v) is 1.62. The molecule has 2 rings (SSSR count). The number of carbonyl (C=O) groups is 1. The Balaban J connectivity index is 2.51. The molecule has 0 spiro atoms. The largest absolute Gasteiger partial charge is 0.358 e. The number of amides is 1. The average molecular weight is 209 g/mol. The highest BCUT2D eigenvalue weighted by molar-refractivity contribution is 6.01. The molecule has 0 aliphatic carbocycles. The predicted octanol–water partition coefficient (Wildman–Crippen LogP) is 1.47. The number of aromatic nitrogens is 1. The third kappa shape index (κ3) is 1.58. The van der Waals surface area contributed by atoms with Gasteiger partial charge in [-0.05, 0) is 6.92 Å². The molecule has 0 radical (unpaired) electrons. The van der Waals surface area contributed by atoms with Crippen LogP contribution in [0.2, 0.25) is 0 Å². The lowest BCUT2D eigenvalue weighted by molar-refractivity contribution is 0.0935. The summed E-state index contributed by atoms with van der Waals surface area (Å²) in [6, 6.07) is 0. The van der Waals surface area contributed by atoms with Crippen LogP contribution in [-0.2, 0) is 5.41 Å². The van der Waals surface area contributed by atoms with E-state index in [4.69, 9.17) is 4.52 Å². The lowest BCUT2D eigenvalue weighted by Gasteiger charge is -2.23. The van der Waals surface area contributed by atoms with Gasteiger partial charge in [0, 0.05) is 5.41 Å². The van der Waals surface area contributed by atoms with Crippen molar-refractivity contribution < 1.29 is 9.32 Å². The van der Waals surface area contributed by atoms with Crippen LogP contribution in [0.3, 0.4) is 0 Å². The summed E-state index contributed by atoms with van der Waals surface area (Å²) >= 11 is 0. The second-order valence-electron chi connectivity index (χ2n) is 4.82. The zero-order chi connectivity index (χ0) is 11.2. The van der Waals surface area contributed by atoms with Crippen LogP contribution < -0.4 is 10.6 Å². The highest BCUT2D eigenvalue weighted by atomic mass is 16.5. The molecule has 2 heterocycles. The Bertz CT molecular complexity index is 403. The molecule has 82 valence electrons. The number of hydrogen-bond acceptors (Lipinski definition) is 4. The van der Waals surface area contributed by atoms with E-state index in [1.165, 1.54) is 0 Å². The maximum Gasteiger partial charge on any atom is 0.260 e. The van der Waals surface area contributed by atoms with E-state index in [0.29, 0.717) is 17.1 Å². The highest BCUT2D eigenvalue weighted by Crippen LogP contribution is 2.31. The Kier molecular flexibility index (Phi) is 1.99. The van der Waals surface area contributed by atoms with Crippen molar-refractivity contribution in [2.75, 3.05) is 5.32 Å². The van der Waals surface area contributed by atoms with E-state index in [1.807, 2.05) is 27.7 Å². The van der Waals surface area contributed by atoms with Crippen LogP contribution >= 0.6 is 0 Å². The number of nitrogens with zero attached hydrogens (tertiary/aromatic N) is 1. The van der Waals surface area contributed by atoms with E-state index in [0.717, 1.165) is 0 Å². The van der Waals surface area contributed by atoms with Gasteiger partial charge >= 0.3 is 0 Å². The Morgan fingerprint density at radius 2 is 2.00 bits per heavy atom. The molecule has 0 bridgehead atoms. The van der Waals surface area contributed by atoms with Crippen molar-refractivity contribution in [2.45, 2.75) is 39.3 Å². The lowest BCUT2D eigenvalue weighted by Crippen LogP contribution is -2.43. The minimum Gasteiger partial charge on any atom is -0.358 e. The predicted molar refractivity (Wildman–Crippen MR) is 55.8 cm³/mol. The van der Waals surface area contributed by atoms with Crippen LogP contribution in [0, 0.1) is 0 Å². The van der Waals surface area contributed by atoms with Crippen molar-refractivity contribution in [3.8, 4) is 0 Å². The van der Waals surface area contributed by atoms with Crippen molar-refractivity contribution in [2.24, 2.45) is 0 Å². The van der Waals surface area contributed by atoms with Crippen LogP contribution in [0.25, 0.3) is 0 Å². The number of anilines is 1. The summed E-state index contributed by atoms with van der Waals surface area (Å²) in [6.45, 7) is 7.81. The van der Waals surface area contributed by atoms with E-state index in [2.05, 4.69) is 15.8 Å². The van der Waals surface area contributed by atoms with Crippen molar-refractivity contribution in [3.63, 3.8) is 0 Å². The first-order chi connectivity index (χ1) is 6.89. The fourth-order valence-electron chi connectivity index (χ4n) is 1.62. The third-order valence-corrected chi connectivity index (χ3v) is 2.30. The van der Waals surface area contributed by atoms with E-state index >= 15 is 0 Å². The van der Waals surface area contributed by atoms with Crippen LogP contribution in [-0.4, -0.2) is 17.2 Å².